The molecule has 0 saturated carbocycles. The second-order valence-corrected chi connectivity index (χ2v) is 7.62. The topological polar surface area (TPSA) is 47.4 Å². The molecule has 0 aliphatic carbocycles. The van der Waals surface area contributed by atoms with Gasteiger partial charge in [0.1, 0.15) is 5.82 Å². The van der Waals surface area contributed by atoms with Crippen molar-refractivity contribution in [2.75, 3.05) is 6.61 Å². The maximum Gasteiger partial charge on any atom is 0.314 e. The molecule has 0 N–H and O–H groups in total. The van der Waals surface area contributed by atoms with Gasteiger partial charge >= 0.3 is 5.97 Å². The smallest absolute Gasteiger partial charge is 0.314 e. The first-order valence-corrected chi connectivity index (χ1v) is 9.57. The van der Waals surface area contributed by atoms with Gasteiger partial charge in [-0.05, 0) is 38.2 Å². The Morgan fingerprint density at radius 1 is 1.31 bits per heavy atom. The molecule has 3 atom stereocenters. The highest BCUT2D eigenvalue weighted by molar-refractivity contribution is 5.79. The van der Waals surface area contributed by atoms with Gasteiger partial charge in [-0.2, -0.15) is 0 Å². The molecule has 2 bridgehead atoms. The van der Waals surface area contributed by atoms with E-state index in [0.717, 1.165) is 38.1 Å². The van der Waals surface area contributed by atoms with E-state index in [1.54, 1.807) is 0 Å². The normalized spacial score (nSPS) is 27.8. The Morgan fingerprint density at radius 2 is 2.12 bits per heavy atom. The molecular weight excluding hydrogens is 326 g/mol. The summed E-state index contributed by atoms with van der Waals surface area (Å²) in [4.78, 5) is 20.1. The Labute approximate surface area is 155 Å². The van der Waals surface area contributed by atoms with Crippen molar-refractivity contribution >= 4 is 5.97 Å². The van der Waals surface area contributed by atoms with Crippen LogP contribution in [0.1, 0.15) is 37.6 Å². The van der Waals surface area contributed by atoms with Crippen LogP contribution in [0.3, 0.4) is 0 Å². The van der Waals surface area contributed by atoms with E-state index in [4.69, 9.17) is 4.74 Å². The predicted octanol–water partition coefficient (Wildman–Crippen LogP) is 2.95. The lowest BCUT2D eigenvalue weighted by Gasteiger charge is -2.35. The molecule has 1 aromatic heterocycles. The van der Waals surface area contributed by atoms with Crippen LogP contribution in [0.2, 0.25) is 0 Å². The largest absolute Gasteiger partial charge is 0.466 e. The first-order valence-electron chi connectivity index (χ1n) is 9.57. The van der Waals surface area contributed by atoms with Crippen molar-refractivity contribution < 1.29 is 9.53 Å². The van der Waals surface area contributed by atoms with Crippen LogP contribution in [-0.2, 0) is 29.5 Å². The van der Waals surface area contributed by atoms with E-state index in [2.05, 4.69) is 26.6 Å². The van der Waals surface area contributed by atoms with E-state index in [1.807, 2.05) is 44.6 Å². The zero-order valence-electron chi connectivity index (χ0n) is 15.6. The first-order chi connectivity index (χ1) is 12.6. The summed E-state index contributed by atoms with van der Waals surface area (Å²) in [5, 5.41) is 0. The molecule has 5 heteroatoms. The van der Waals surface area contributed by atoms with E-state index in [1.165, 1.54) is 5.56 Å². The number of aryl methyl sites for hydroxylation is 1. The van der Waals surface area contributed by atoms with Crippen molar-refractivity contribution in [3.8, 4) is 0 Å². The van der Waals surface area contributed by atoms with Crippen molar-refractivity contribution in [2.45, 2.75) is 51.2 Å². The third kappa shape index (κ3) is 2.84. The fourth-order valence-electron chi connectivity index (χ4n) is 4.97. The SMILES string of the molecule is CCOC(=O)[C@]1(Cc2ccccc2)C[C@@H]2CC[C@H]1N2Cc1nccn1C. The highest BCUT2D eigenvalue weighted by Crippen LogP contribution is 2.52. The summed E-state index contributed by atoms with van der Waals surface area (Å²) in [5.41, 5.74) is 0.774. The van der Waals surface area contributed by atoms with Crippen molar-refractivity contribution in [1.29, 1.82) is 0 Å². The van der Waals surface area contributed by atoms with Gasteiger partial charge in [-0.1, -0.05) is 30.3 Å². The number of carbonyl (C=O) groups is 1. The van der Waals surface area contributed by atoms with Crippen LogP contribution >= 0.6 is 0 Å². The molecule has 2 aromatic rings. The summed E-state index contributed by atoms with van der Waals surface area (Å²) in [6.45, 7) is 3.13. The Kier molecular flexibility index (Phi) is 4.57. The van der Waals surface area contributed by atoms with Crippen LogP contribution in [-0.4, -0.2) is 39.1 Å². The number of carbonyl (C=O) groups excluding carboxylic acids is 1. The van der Waals surface area contributed by atoms with Crippen LogP contribution in [0.15, 0.2) is 42.7 Å². The highest BCUT2D eigenvalue weighted by atomic mass is 16.5. The number of rotatable bonds is 6. The molecular formula is C21H27N3O2. The summed E-state index contributed by atoms with van der Waals surface area (Å²) in [6.07, 6.45) is 7.68. The van der Waals surface area contributed by atoms with Crippen molar-refractivity contribution in [3.63, 3.8) is 0 Å². The molecule has 0 amide bonds. The highest BCUT2D eigenvalue weighted by Gasteiger charge is 2.60. The third-order valence-corrected chi connectivity index (χ3v) is 6.17. The Hall–Kier alpha value is -2.14. The average molecular weight is 353 g/mol. The number of fused-ring (bicyclic) bond motifs is 2. The minimum absolute atomic E-state index is 0.0270. The summed E-state index contributed by atoms with van der Waals surface area (Å²) in [7, 11) is 2.03. The molecule has 2 fully saturated rings. The molecule has 138 valence electrons. The second kappa shape index (κ2) is 6.88. The van der Waals surface area contributed by atoms with E-state index >= 15 is 0 Å². The van der Waals surface area contributed by atoms with Crippen molar-refractivity contribution in [3.05, 3.63) is 54.1 Å². The molecule has 5 nitrogen and oxygen atoms in total. The number of esters is 1. The maximum atomic E-state index is 13.1. The van der Waals surface area contributed by atoms with Gasteiger partial charge in [0.25, 0.3) is 0 Å². The summed E-state index contributed by atoms with van der Waals surface area (Å²) in [6, 6.07) is 11.0. The fraction of sp³-hybridized carbons (Fsp3) is 0.524. The molecule has 2 saturated heterocycles. The zero-order valence-corrected chi connectivity index (χ0v) is 15.6. The molecule has 3 heterocycles. The lowest BCUT2D eigenvalue weighted by atomic mass is 9.70. The average Bonchev–Trinajstić information content (AvgIpc) is 3.31. The molecule has 2 aliphatic rings. The fourth-order valence-corrected chi connectivity index (χ4v) is 4.97. The van der Waals surface area contributed by atoms with Gasteiger partial charge in [-0.3, -0.25) is 9.69 Å². The quantitative estimate of drug-likeness (QED) is 0.749. The van der Waals surface area contributed by atoms with Gasteiger partial charge in [0, 0.05) is 31.5 Å². The number of benzene rings is 1. The number of nitrogens with zero attached hydrogens (tertiary/aromatic N) is 3. The molecule has 4 rings (SSSR count). The lowest BCUT2D eigenvalue weighted by Crippen LogP contribution is -2.46. The lowest BCUT2D eigenvalue weighted by molar-refractivity contribution is -0.157. The monoisotopic (exact) mass is 353 g/mol. The Balaban J connectivity index is 1.64. The van der Waals surface area contributed by atoms with Crippen LogP contribution < -0.4 is 0 Å². The molecule has 0 radical (unpaired) electrons. The molecule has 0 unspecified atom stereocenters. The van der Waals surface area contributed by atoms with Gasteiger partial charge in [0.05, 0.1) is 18.6 Å². The van der Waals surface area contributed by atoms with Crippen molar-refractivity contribution in [2.24, 2.45) is 12.5 Å². The van der Waals surface area contributed by atoms with Crippen LogP contribution in [0.25, 0.3) is 0 Å². The minimum Gasteiger partial charge on any atom is -0.466 e. The van der Waals surface area contributed by atoms with Crippen LogP contribution in [0, 0.1) is 5.41 Å². The van der Waals surface area contributed by atoms with E-state index in [9.17, 15) is 4.79 Å². The summed E-state index contributed by atoms with van der Waals surface area (Å²) >= 11 is 0. The predicted molar refractivity (Wildman–Crippen MR) is 99.4 cm³/mol. The standard InChI is InChI=1S/C21H27N3O2/c1-3-26-20(25)21(13-16-7-5-4-6-8-16)14-17-9-10-18(21)24(17)15-19-22-11-12-23(19)2/h4-8,11-12,17-18H,3,9-10,13-15H2,1-2H3/t17-,18+,21+/m0/s1. The molecule has 26 heavy (non-hydrogen) atoms. The maximum absolute atomic E-state index is 13.1. The van der Waals surface area contributed by atoms with E-state index < -0.39 is 5.41 Å². The molecule has 0 spiro atoms. The first kappa shape index (κ1) is 17.3. The molecule has 2 aliphatic heterocycles. The molecule has 1 aromatic carbocycles. The van der Waals surface area contributed by atoms with Crippen LogP contribution in [0.5, 0.6) is 0 Å². The van der Waals surface area contributed by atoms with Gasteiger partial charge in [0.15, 0.2) is 0 Å². The van der Waals surface area contributed by atoms with E-state index in [0.29, 0.717) is 12.6 Å². The minimum atomic E-state index is -0.439. The summed E-state index contributed by atoms with van der Waals surface area (Å²) in [5.74, 6) is 1.03. The van der Waals surface area contributed by atoms with E-state index in [-0.39, 0.29) is 12.0 Å². The van der Waals surface area contributed by atoms with Crippen LogP contribution in [0.4, 0.5) is 0 Å². The number of aromatic nitrogens is 2. The Morgan fingerprint density at radius 3 is 2.81 bits per heavy atom. The number of ether oxygens (including phenoxy) is 1. The number of hydrogen-bond donors (Lipinski definition) is 0. The third-order valence-electron chi connectivity index (χ3n) is 6.17. The van der Waals surface area contributed by atoms with Gasteiger partial charge in [0.2, 0.25) is 0 Å². The zero-order chi connectivity index (χ0) is 18.1. The van der Waals surface area contributed by atoms with Gasteiger partial charge < -0.3 is 9.30 Å². The van der Waals surface area contributed by atoms with Crippen molar-refractivity contribution in [1.82, 2.24) is 14.5 Å². The van der Waals surface area contributed by atoms with Gasteiger partial charge in [-0.15, -0.1) is 0 Å². The second-order valence-electron chi connectivity index (χ2n) is 7.62. The number of imidazole rings is 1. The van der Waals surface area contributed by atoms with Gasteiger partial charge in [-0.25, -0.2) is 4.98 Å². The number of hydrogen-bond acceptors (Lipinski definition) is 4. The Bertz CT molecular complexity index is 773. The summed E-state index contributed by atoms with van der Waals surface area (Å²) < 4.78 is 7.65.